The Morgan fingerprint density at radius 1 is 1.50 bits per heavy atom. The van der Waals surface area contributed by atoms with Crippen LogP contribution in [0.3, 0.4) is 0 Å². The van der Waals surface area contributed by atoms with E-state index in [1.165, 1.54) is 19.2 Å². The van der Waals surface area contributed by atoms with E-state index in [9.17, 15) is 14.9 Å². The number of methoxy groups -OCH3 is 1. The molecular formula is C11H11N5O4. The van der Waals surface area contributed by atoms with Crippen LogP contribution in [-0.2, 0) is 0 Å². The third kappa shape index (κ3) is 2.71. The van der Waals surface area contributed by atoms with Gasteiger partial charge in [0.05, 0.1) is 17.6 Å². The van der Waals surface area contributed by atoms with Crippen LogP contribution in [-0.4, -0.2) is 33.1 Å². The minimum absolute atomic E-state index is 0.0316. The van der Waals surface area contributed by atoms with E-state index >= 15 is 0 Å². The predicted molar refractivity (Wildman–Crippen MR) is 68.7 cm³/mol. The summed E-state index contributed by atoms with van der Waals surface area (Å²) < 4.78 is 5.01. The molecule has 0 fully saturated rings. The maximum Gasteiger partial charge on any atom is 0.270 e. The molecule has 2 N–H and O–H groups in total. The maximum absolute atomic E-state index is 12.1. The lowest BCUT2D eigenvalue weighted by atomic mass is 10.1. The second-order valence-electron chi connectivity index (χ2n) is 3.84. The van der Waals surface area contributed by atoms with Crippen molar-refractivity contribution in [3.8, 4) is 5.75 Å². The summed E-state index contributed by atoms with van der Waals surface area (Å²) in [5, 5.41) is 19.5. The van der Waals surface area contributed by atoms with Crippen molar-refractivity contribution in [2.45, 2.75) is 6.92 Å². The largest absolute Gasteiger partial charge is 0.496 e. The van der Waals surface area contributed by atoms with Crippen molar-refractivity contribution in [1.82, 2.24) is 15.2 Å². The van der Waals surface area contributed by atoms with Crippen LogP contribution in [0.5, 0.6) is 5.75 Å². The van der Waals surface area contributed by atoms with Crippen LogP contribution in [0.1, 0.15) is 16.2 Å². The highest BCUT2D eigenvalue weighted by Crippen LogP contribution is 2.24. The molecule has 2 aromatic rings. The van der Waals surface area contributed by atoms with Gasteiger partial charge in [0.15, 0.2) is 0 Å². The molecule has 9 heteroatoms. The summed E-state index contributed by atoms with van der Waals surface area (Å²) in [6, 6.07) is 3.75. The SMILES string of the molecule is COc1ccc([N+](=O)[O-])cc1C(=O)Nc1n[nH]c(C)n1. The van der Waals surface area contributed by atoms with Crippen molar-refractivity contribution in [2.75, 3.05) is 12.4 Å². The average Bonchev–Trinajstić information content (AvgIpc) is 2.83. The van der Waals surface area contributed by atoms with Crippen LogP contribution >= 0.6 is 0 Å². The number of ether oxygens (including phenoxy) is 1. The van der Waals surface area contributed by atoms with E-state index < -0.39 is 10.8 Å². The highest BCUT2D eigenvalue weighted by molar-refractivity contribution is 6.05. The number of nitrogens with zero attached hydrogens (tertiary/aromatic N) is 3. The Morgan fingerprint density at radius 2 is 2.25 bits per heavy atom. The molecule has 0 saturated carbocycles. The summed E-state index contributed by atoms with van der Waals surface area (Å²) in [4.78, 5) is 26.1. The molecule has 0 bridgehead atoms. The van der Waals surface area contributed by atoms with Gasteiger partial charge >= 0.3 is 0 Å². The first-order valence-electron chi connectivity index (χ1n) is 5.54. The number of carbonyl (C=O) groups excluding carboxylic acids is 1. The van der Waals surface area contributed by atoms with Gasteiger partial charge in [0.25, 0.3) is 11.6 Å². The number of H-pyrrole nitrogens is 1. The summed E-state index contributed by atoms with van der Waals surface area (Å²) in [5.74, 6) is 0.247. The molecule has 2 rings (SSSR count). The van der Waals surface area contributed by atoms with Gasteiger partial charge in [-0.25, -0.2) is 0 Å². The molecule has 20 heavy (non-hydrogen) atoms. The number of aromatic nitrogens is 3. The Hall–Kier alpha value is -2.97. The van der Waals surface area contributed by atoms with Crippen molar-refractivity contribution < 1.29 is 14.5 Å². The average molecular weight is 277 g/mol. The van der Waals surface area contributed by atoms with E-state index in [1.807, 2.05) is 0 Å². The van der Waals surface area contributed by atoms with Crippen LogP contribution in [0.4, 0.5) is 11.6 Å². The van der Waals surface area contributed by atoms with Crippen LogP contribution in [0.25, 0.3) is 0 Å². The minimum Gasteiger partial charge on any atom is -0.496 e. The molecule has 1 amide bonds. The fourth-order valence-electron chi connectivity index (χ4n) is 1.55. The molecule has 0 saturated heterocycles. The lowest BCUT2D eigenvalue weighted by Gasteiger charge is -2.07. The van der Waals surface area contributed by atoms with Gasteiger partial charge in [0.1, 0.15) is 11.6 Å². The quantitative estimate of drug-likeness (QED) is 0.641. The molecule has 104 valence electrons. The Balaban J connectivity index is 2.32. The number of rotatable bonds is 4. The number of amides is 1. The minimum atomic E-state index is -0.593. The third-order valence-corrected chi connectivity index (χ3v) is 2.46. The molecule has 1 heterocycles. The fourth-order valence-corrected chi connectivity index (χ4v) is 1.55. The number of hydrogen-bond acceptors (Lipinski definition) is 6. The number of nitrogens with one attached hydrogen (secondary N) is 2. The second-order valence-corrected chi connectivity index (χ2v) is 3.84. The third-order valence-electron chi connectivity index (χ3n) is 2.46. The molecule has 0 spiro atoms. The molecular weight excluding hydrogens is 266 g/mol. The van der Waals surface area contributed by atoms with E-state index in [0.29, 0.717) is 5.82 Å². The number of benzene rings is 1. The molecule has 1 aromatic carbocycles. The summed E-state index contributed by atoms with van der Waals surface area (Å²) in [6.07, 6.45) is 0. The molecule has 1 aromatic heterocycles. The van der Waals surface area contributed by atoms with Crippen molar-refractivity contribution in [3.63, 3.8) is 0 Å². The summed E-state index contributed by atoms with van der Waals surface area (Å²) >= 11 is 0. The second kappa shape index (κ2) is 5.34. The highest BCUT2D eigenvalue weighted by atomic mass is 16.6. The summed E-state index contributed by atoms with van der Waals surface area (Å²) in [6.45, 7) is 1.68. The number of nitro groups is 1. The number of nitro benzene ring substituents is 1. The number of carbonyl (C=O) groups is 1. The van der Waals surface area contributed by atoms with Crippen LogP contribution in [0, 0.1) is 17.0 Å². The van der Waals surface area contributed by atoms with Gasteiger partial charge < -0.3 is 4.74 Å². The zero-order chi connectivity index (χ0) is 14.7. The van der Waals surface area contributed by atoms with Crippen molar-refractivity contribution >= 4 is 17.5 Å². The summed E-state index contributed by atoms with van der Waals surface area (Å²) in [5.41, 5.74) is -0.175. The normalized spacial score (nSPS) is 10.1. The standard InChI is InChI=1S/C11H11N5O4/c1-6-12-11(15-14-6)13-10(17)8-5-7(16(18)19)3-4-9(8)20-2/h3-5H,1-2H3,(H2,12,13,14,15,17). The molecule has 9 nitrogen and oxygen atoms in total. The highest BCUT2D eigenvalue weighted by Gasteiger charge is 2.18. The van der Waals surface area contributed by atoms with Crippen LogP contribution < -0.4 is 10.1 Å². The van der Waals surface area contributed by atoms with Crippen LogP contribution in [0.2, 0.25) is 0 Å². The van der Waals surface area contributed by atoms with Crippen molar-refractivity contribution in [3.05, 3.63) is 39.7 Å². The van der Waals surface area contributed by atoms with Gasteiger partial charge in [-0.2, -0.15) is 4.98 Å². The first kappa shape index (κ1) is 13.5. The Labute approximate surface area is 113 Å². The molecule has 0 aliphatic rings. The lowest BCUT2D eigenvalue weighted by Crippen LogP contribution is -2.14. The number of aryl methyl sites for hydroxylation is 1. The van der Waals surface area contributed by atoms with Gasteiger partial charge in [0, 0.05) is 12.1 Å². The number of anilines is 1. The zero-order valence-electron chi connectivity index (χ0n) is 10.7. The molecule has 0 aliphatic heterocycles. The number of non-ortho nitro benzene ring substituents is 1. The Bertz CT molecular complexity index is 667. The molecule has 0 atom stereocenters. The maximum atomic E-state index is 12.1. The number of hydrogen-bond donors (Lipinski definition) is 2. The van der Waals surface area contributed by atoms with Crippen molar-refractivity contribution in [2.24, 2.45) is 0 Å². The molecule has 0 radical (unpaired) electrons. The summed E-state index contributed by atoms with van der Waals surface area (Å²) in [7, 11) is 1.37. The van der Waals surface area contributed by atoms with Gasteiger partial charge in [-0.1, -0.05) is 0 Å². The van der Waals surface area contributed by atoms with E-state index in [-0.39, 0.29) is 22.9 Å². The first-order valence-corrected chi connectivity index (χ1v) is 5.54. The van der Waals surface area contributed by atoms with Gasteiger partial charge in [-0.05, 0) is 13.0 Å². The topological polar surface area (TPSA) is 123 Å². The van der Waals surface area contributed by atoms with Gasteiger partial charge in [-0.15, -0.1) is 5.10 Å². The Morgan fingerprint density at radius 3 is 2.80 bits per heavy atom. The van der Waals surface area contributed by atoms with Gasteiger partial charge in [-0.3, -0.25) is 25.3 Å². The zero-order valence-corrected chi connectivity index (χ0v) is 10.7. The van der Waals surface area contributed by atoms with Crippen LogP contribution in [0.15, 0.2) is 18.2 Å². The Kier molecular flexibility index (Phi) is 3.60. The number of aromatic amines is 1. The monoisotopic (exact) mass is 277 g/mol. The van der Waals surface area contributed by atoms with E-state index in [1.54, 1.807) is 6.92 Å². The van der Waals surface area contributed by atoms with E-state index in [2.05, 4.69) is 20.5 Å². The van der Waals surface area contributed by atoms with E-state index in [0.717, 1.165) is 6.07 Å². The van der Waals surface area contributed by atoms with Gasteiger partial charge in [0.2, 0.25) is 5.95 Å². The van der Waals surface area contributed by atoms with E-state index in [4.69, 9.17) is 4.74 Å². The first-order chi connectivity index (χ1) is 9.51. The molecule has 0 aliphatic carbocycles. The lowest BCUT2D eigenvalue weighted by molar-refractivity contribution is -0.384. The predicted octanol–water partition coefficient (Wildman–Crippen LogP) is 1.28. The fraction of sp³-hybridized carbons (Fsp3) is 0.182. The smallest absolute Gasteiger partial charge is 0.270 e. The van der Waals surface area contributed by atoms with Crippen molar-refractivity contribution in [1.29, 1.82) is 0 Å². The molecule has 0 unspecified atom stereocenters.